The summed E-state index contributed by atoms with van der Waals surface area (Å²) in [4.78, 5) is 16.9. The van der Waals surface area contributed by atoms with Gasteiger partial charge in [0.25, 0.3) is 5.91 Å². The highest BCUT2D eigenvalue weighted by atomic mass is 127. The van der Waals surface area contributed by atoms with Crippen molar-refractivity contribution in [3.05, 3.63) is 32.9 Å². The number of carbonyl (C=O) groups is 1. The van der Waals surface area contributed by atoms with Crippen molar-refractivity contribution in [1.82, 2.24) is 5.48 Å². The number of hydroxylamine groups is 1. The third-order valence-electron chi connectivity index (χ3n) is 2.17. The summed E-state index contributed by atoms with van der Waals surface area (Å²) in [7, 11) is 0. The number of amides is 1. The molecule has 0 bridgehead atoms. The van der Waals surface area contributed by atoms with Crippen molar-refractivity contribution >= 4 is 28.5 Å². The third-order valence-corrected chi connectivity index (χ3v) is 3.06. The summed E-state index contributed by atoms with van der Waals surface area (Å²) >= 11 is 2.11. The fraction of sp³-hybridized carbons (Fsp3) is 0.417. The predicted octanol–water partition coefficient (Wildman–Crippen LogP) is 2.03. The van der Waals surface area contributed by atoms with E-state index in [1.165, 1.54) is 0 Å². The van der Waals surface area contributed by atoms with Crippen LogP contribution >= 0.6 is 22.6 Å². The fourth-order valence-corrected chi connectivity index (χ4v) is 1.99. The minimum absolute atomic E-state index is 0.168. The summed E-state index contributed by atoms with van der Waals surface area (Å²) < 4.78 is 0.866. The Morgan fingerprint density at radius 3 is 2.71 bits per heavy atom. The molecule has 0 heterocycles. The molecule has 1 amide bonds. The van der Waals surface area contributed by atoms with Gasteiger partial charge < -0.3 is 5.11 Å². The smallest absolute Gasteiger partial charge is 0.275 e. The number of halogens is 1. The van der Waals surface area contributed by atoms with Crippen molar-refractivity contribution in [2.45, 2.75) is 26.4 Å². The number of aliphatic hydroxyl groups is 1. The Kier molecular flexibility index (Phi) is 4.91. The molecule has 4 nitrogen and oxygen atoms in total. The normalized spacial score (nSPS) is 11.4. The van der Waals surface area contributed by atoms with Crippen LogP contribution in [0.5, 0.6) is 0 Å². The summed E-state index contributed by atoms with van der Waals surface area (Å²) in [5.41, 5.74) is 3.22. The molecule has 0 aromatic heterocycles. The van der Waals surface area contributed by atoms with Gasteiger partial charge in [0, 0.05) is 3.57 Å². The Morgan fingerprint density at radius 1 is 1.53 bits per heavy atom. The molecule has 0 radical (unpaired) electrons. The van der Waals surface area contributed by atoms with E-state index in [0.717, 1.165) is 9.13 Å². The molecule has 0 atom stereocenters. The summed E-state index contributed by atoms with van der Waals surface area (Å²) in [5, 5.41) is 8.99. The molecule has 0 aliphatic heterocycles. The van der Waals surface area contributed by atoms with E-state index in [4.69, 9.17) is 9.94 Å². The van der Waals surface area contributed by atoms with E-state index in [0.29, 0.717) is 5.56 Å². The Bertz CT molecular complexity index is 418. The minimum Gasteiger partial charge on any atom is -0.393 e. The van der Waals surface area contributed by atoms with E-state index in [1.807, 2.05) is 19.1 Å². The van der Waals surface area contributed by atoms with E-state index in [9.17, 15) is 4.79 Å². The molecule has 0 fully saturated rings. The summed E-state index contributed by atoms with van der Waals surface area (Å²) in [6.45, 7) is 5.17. The summed E-state index contributed by atoms with van der Waals surface area (Å²) in [5.74, 6) is -0.309. The Morgan fingerprint density at radius 2 is 2.18 bits per heavy atom. The van der Waals surface area contributed by atoms with Gasteiger partial charge in [0.2, 0.25) is 0 Å². The lowest BCUT2D eigenvalue weighted by Crippen LogP contribution is -2.38. The zero-order chi connectivity index (χ0) is 13.1. The first-order valence-electron chi connectivity index (χ1n) is 5.21. The van der Waals surface area contributed by atoms with Gasteiger partial charge in [-0.2, -0.15) is 0 Å². The van der Waals surface area contributed by atoms with Gasteiger partial charge in [-0.3, -0.25) is 9.63 Å². The number of nitrogens with one attached hydrogen (secondary N) is 1. The van der Waals surface area contributed by atoms with Gasteiger partial charge in [0.05, 0.1) is 12.2 Å². The number of rotatable bonds is 4. The van der Waals surface area contributed by atoms with Crippen LogP contribution in [0, 0.1) is 10.5 Å². The summed E-state index contributed by atoms with van der Waals surface area (Å²) in [6.07, 6.45) is 0. The molecule has 0 spiro atoms. The maximum atomic E-state index is 11.8. The van der Waals surface area contributed by atoms with Crippen LogP contribution in [-0.4, -0.2) is 23.2 Å². The van der Waals surface area contributed by atoms with Crippen LogP contribution in [0.25, 0.3) is 0 Å². The van der Waals surface area contributed by atoms with Gasteiger partial charge >= 0.3 is 0 Å². The van der Waals surface area contributed by atoms with Crippen molar-refractivity contribution in [3.63, 3.8) is 0 Å². The number of hydrogen-bond donors (Lipinski definition) is 2. The SMILES string of the molecule is Cc1ccc(C(=O)NOC(C)(C)CO)c(I)c1. The maximum Gasteiger partial charge on any atom is 0.275 e. The predicted molar refractivity (Wildman–Crippen MR) is 73.6 cm³/mol. The van der Waals surface area contributed by atoms with Crippen LogP contribution in [0.1, 0.15) is 29.8 Å². The molecule has 0 aliphatic rings. The Balaban J connectivity index is 2.71. The molecule has 0 saturated heterocycles. The molecule has 1 aromatic rings. The number of hydrogen-bond acceptors (Lipinski definition) is 3. The molecular formula is C12H16INO3. The maximum absolute atomic E-state index is 11.8. The van der Waals surface area contributed by atoms with Gasteiger partial charge in [0.1, 0.15) is 5.60 Å². The molecule has 1 aromatic carbocycles. The second-order valence-corrected chi connectivity index (χ2v) is 5.60. The monoisotopic (exact) mass is 349 g/mol. The Labute approximate surface area is 114 Å². The van der Waals surface area contributed by atoms with E-state index in [2.05, 4.69) is 28.1 Å². The lowest BCUT2D eigenvalue weighted by atomic mass is 10.1. The van der Waals surface area contributed by atoms with Crippen LogP contribution in [0.4, 0.5) is 0 Å². The zero-order valence-electron chi connectivity index (χ0n) is 10.1. The van der Waals surface area contributed by atoms with Gasteiger partial charge in [-0.25, -0.2) is 5.48 Å². The van der Waals surface area contributed by atoms with Crippen LogP contribution in [-0.2, 0) is 4.84 Å². The number of aryl methyl sites for hydroxylation is 1. The average Bonchev–Trinajstić information content (AvgIpc) is 2.26. The molecule has 0 unspecified atom stereocenters. The zero-order valence-corrected chi connectivity index (χ0v) is 12.2. The fourth-order valence-electron chi connectivity index (χ4n) is 1.08. The van der Waals surface area contributed by atoms with Gasteiger partial charge in [-0.15, -0.1) is 0 Å². The van der Waals surface area contributed by atoms with Gasteiger partial charge in [-0.05, 0) is 55.5 Å². The quantitative estimate of drug-likeness (QED) is 0.646. The first-order valence-corrected chi connectivity index (χ1v) is 6.29. The van der Waals surface area contributed by atoms with Crippen LogP contribution in [0.15, 0.2) is 18.2 Å². The van der Waals surface area contributed by atoms with E-state index in [1.54, 1.807) is 19.9 Å². The molecule has 94 valence electrons. The van der Waals surface area contributed by atoms with Crippen LogP contribution in [0.3, 0.4) is 0 Å². The van der Waals surface area contributed by atoms with Crippen molar-refractivity contribution in [2.75, 3.05) is 6.61 Å². The van der Waals surface area contributed by atoms with Gasteiger partial charge in [-0.1, -0.05) is 11.6 Å². The molecule has 5 heteroatoms. The molecular weight excluding hydrogens is 333 g/mol. The molecule has 0 saturated carbocycles. The molecule has 17 heavy (non-hydrogen) atoms. The molecule has 0 aliphatic carbocycles. The highest BCUT2D eigenvalue weighted by molar-refractivity contribution is 14.1. The second kappa shape index (κ2) is 5.79. The topological polar surface area (TPSA) is 58.6 Å². The number of aliphatic hydroxyl groups excluding tert-OH is 1. The second-order valence-electron chi connectivity index (χ2n) is 4.43. The highest BCUT2D eigenvalue weighted by Crippen LogP contribution is 2.14. The Hall–Kier alpha value is -0.660. The van der Waals surface area contributed by atoms with Crippen molar-refractivity contribution < 1.29 is 14.7 Å². The lowest BCUT2D eigenvalue weighted by molar-refractivity contribution is -0.0956. The van der Waals surface area contributed by atoms with Crippen LogP contribution < -0.4 is 5.48 Å². The molecule has 2 N–H and O–H groups in total. The number of carbonyl (C=O) groups excluding carboxylic acids is 1. The van der Waals surface area contributed by atoms with E-state index >= 15 is 0 Å². The minimum atomic E-state index is -0.786. The van der Waals surface area contributed by atoms with E-state index in [-0.39, 0.29) is 12.5 Å². The molecule has 1 rings (SSSR count). The van der Waals surface area contributed by atoms with Crippen molar-refractivity contribution in [3.8, 4) is 0 Å². The van der Waals surface area contributed by atoms with Gasteiger partial charge in [0.15, 0.2) is 0 Å². The van der Waals surface area contributed by atoms with Crippen molar-refractivity contribution in [1.29, 1.82) is 0 Å². The average molecular weight is 349 g/mol. The largest absolute Gasteiger partial charge is 0.393 e. The standard InChI is InChI=1S/C12H16INO3/c1-8-4-5-9(10(13)6-8)11(16)14-17-12(2,3)7-15/h4-6,15H,7H2,1-3H3,(H,14,16). The highest BCUT2D eigenvalue weighted by Gasteiger charge is 2.20. The first-order chi connectivity index (χ1) is 7.85. The van der Waals surface area contributed by atoms with E-state index < -0.39 is 5.60 Å². The third kappa shape index (κ3) is 4.25. The lowest BCUT2D eigenvalue weighted by Gasteiger charge is -2.21. The van der Waals surface area contributed by atoms with Crippen molar-refractivity contribution in [2.24, 2.45) is 0 Å². The first kappa shape index (κ1) is 14.4. The number of benzene rings is 1. The van der Waals surface area contributed by atoms with Crippen LogP contribution in [0.2, 0.25) is 0 Å². The summed E-state index contributed by atoms with van der Waals surface area (Å²) in [6, 6.07) is 5.54.